The average Bonchev–Trinajstić information content (AvgIpc) is 2.93. The van der Waals surface area contributed by atoms with E-state index in [1.165, 1.54) is 26.8 Å². The highest BCUT2D eigenvalue weighted by Crippen LogP contribution is 2.28. The van der Waals surface area contributed by atoms with Gasteiger partial charge < -0.3 is 10.1 Å². The second-order valence-corrected chi connectivity index (χ2v) is 6.10. The van der Waals surface area contributed by atoms with Gasteiger partial charge in [-0.25, -0.2) is 0 Å². The van der Waals surface area contributed by atoms with Gasteiger partial charge >= 0.3 is 0 Å². The van der Waals surface area contributed by atoms with Crippen LogP contribution in [0.15, 0.2) is 47.8 Å². The van der Waals surface area contributed by atoms with Crippen molar-refractivity contribution in [3.63, 3.8) is 0 Å². The molecule has 1 aromatic heterocycles. The molecule has 21 heavy (non-hydrogen) atoms. The minimum Gasteiger partial charge on any atom is -0.496 e. The van der Waals surface area contributed by atoms with Crippen LogP contribution in [0, 0.1) is 6.92 Å². The Bertz CT molecular complexity index is 748. The number of hydrogen-bond acceptors (Lipinski definition) is 3. The van der Waals surface area contributed by atoms with Gasteiger partial charge in [0, 0.05) is 23.5 Å². The van der Waals surface area contributed by atoms with Crippen LogP contribution in [-0.4, -0.2) is 7.11 Å². The van der Waals surface area contributed by atoms with Gasteiger partial charge in [0.25, 0.3) is 0 Å². The number of benzene rings is 2. The highest BCUT2D eigenvalue weighted by atomic mass is 32.1. The summed E-state index contributed by atoms with van der Waals surface area (Å²) in [4.78, 5) is 1.40. The first-order valence-electron chi connectivity index (χ1n) is 7.08. The second-order valence-electron chi connectivity index (χ2n) is 5.10. The smallest absolute Gasteiger partial charge is 0.123 e. The normalized spacial score (nSPS) is 11.0. The van der Waals surface area contributed by atoms with Crippen LogP contribution < -0.4 is 10.1 Å². The Morgan fingerprint density at radius 2 is 1.90 bits per heavy atom. The summed E-state index contributed by atoms with van der Waals surface area (Å²) >= 11 is 1.80. The average molecular weight is 297 g/mol. The SMILES string of the molecule is COc1ccc2ccccc2c1CNCc1sccc1C. The first-order chi connectivity index (χ1) is 10.3. The van der Waals surface area contributed by atoms with Crippen LogP contribution >= 0.6 is 11.3 Å². The van der Waals surface area contributed by atoms with Crippen LogP contribution in [0.5, 0.6) is 5.75 Å². The lowest BCUT2D eigenvalue weighted by Crippen LogP contribution is -2.13. The van der Waals surface area contributed by atoms with Gasteiger partial charge in [0.15, 0.2) is 0 Å². The lowest BCUT2D eigenvalue weighted by molar-refractivity contribution is 0.408. The molecule has 0 unspecified atom stereocenters. The summed E-state index contributed by atoms with van der Waals surface area (Å²) in [5, 5.41) is 8.19. The van der Waals surface area contributed by atoms with Gasteiger partial charge in [0.1, 0.15) is 5.75 Å². The van der Waals surface area contributed by atoms with Crippen molar-refractivity contribution < 1.29 is 4.74 Å². The molecule has 0 saturated carbocycles. The Labute approximate surface area is 129 Å². The van der Waals surface area contributed by atoms with Crippen LogP contribution in [0.3, 0.4) is 0 Å². The zero-order chi connectivity index (χ0) is 14.7. The summed E-state index contributed by atoms with van der Waals surface area (Å²) in [6.45, 7) is 3.86. The number of rotatable bonds is 5. The third kappa shape index (κ3) is 2.94. The van der Waals surface area contributed by atoms with Crippen molar-refractivity contribution in [1.29, 1.82) is 0 Å². The maximum Gasteiger partial charge on any atom is 0.123 e. The molecule has 0 spiro atoms. The van der Waals surface area contributed by atoms with Gasteiger partial charge in [0.05, 0.1) is 7.11 Å². The fourth-order valence-electron chi connectivity index (χ4n) is 2.58. The molecule has 2 aromatic carbocycles. The minimum atomic E-state index is 0.807. The van der Waals surface area contributed by atoms with Crippen LogP contribution in [-0.2, 0) is 13.1 Å². The van der Waals surface area contributed by atoms with Crippen molar-refractivity contribution >= 4 is 22.1 Å². The number of nitrogens with one attached hydrogen (secondary N) is 1. The Morgan fingerprint density at radius 1 is 1.05 bits per heavy atom. The van der Waals surface area contributed by atoms with Gasteiger partial charge in [0.2, 0.25) is 0 Å². The molecule has 2 nitrogen and oxygen atoms in total. The van der Waals surface area contributed by atoms with E-state index in [4.69, 9.17) is 4.74 Å². The largest absolute Gasteiger partial charge is 0.496 e. The Morgan fingerprint density at radius 3 is 2.67 bits per heavy atom. The van der Waals surface area contributed by atoms with E-state index in [1.807, 2.05) is 0 Å². The van der Waals surface area contributed by atoms with Crippen LogP contribution in [0.1, 0.15) is 16.0 Å². The molecule has 1 heterocycles. The number of methoxy groups -OCH3 is 1. The number of hydrogen-bond donors (Lipinski definition) is 1. The predicted molar refractivity (Wildman–Crippen MR) is 90.1 cm³/mol. The standard InChI is InChI=1S/C18H19NOS/c1-13-9-10-21-18(13)12-19-11-16-15-6-4-3-5-14(15)7-8-17(16)20-2/h3-10,19H,11-12H2,1-2H3. The molecule has 3 heteroatoms. The van der Waals surface area contributed by atoms with E-state index < -0.39 is 0 Å². The zero-order valence-electron chi connectivity index (χ0n) is 12.3. The highest BCUT2D eigenvalue weighted by Gasteiger charge is 2.08. The Balaban J connectivity index is 1.83. The third-order valence-electron chi connectivity index (χ3n) is 3.77. The van der Waals surface area contributed by atoms with Gasteiger partial charge in [-0.3, -0.25) is 0 Å². The van der Waals surface area contributed by atoms with E-state index in [0.717, 1.165) is 18.8 Å². The Hall–Kier alpha value is -1.84. The molecule has 0 aliphatic rings. The van der Waals surface area contributed by atoms with Crippen LogP contribution in [0.4, 0.5) is 0 Å². The van der Waals surface area contributed by atoms with Crippen molar-refractivity contribution in [3.8, 4) is 5.75 Å². The molecule has 0 atom stereocenters. The molecule has 0 bridgehead atoms. The number of thiophene rings is 1. The first-order valence-corrected chi connectivity index (χ1v) is 7.96. The lowest BCUT2D eigenvalue weighted by Gasteiger charge is -2.13. The molecular weight excluding hydrogens is 278 g/mol. The van der Waals surface area contributed by atoms with Crippen molar-refractivity contribution in [3.05, 3.63) is 63.8 Å². The van der Waals surface area contributed by atoms with Gasteiger partial charge in [-0.1, -0.05) is 30.3 Å². The van der Waals surface area contributed by atoms with E-state index in [9.17, 15) is 0 Å². The van der Waals surface area contributed by atoms with Crippen molar-refractivity contribution in [2.45, 2.75) is 20.0 Å². The second kappa shape index (κ2) is 6.29. The quantitative estimate of drug-likeness (QED) is 0.748. The molecule has 0 amide bonds. The number of fused-ring (bicyclic) bond motifs is 1. The molecule has 108 valence electrons. The monoisotopic (exact) mass is 297 g/mol. The molecule has 0 radical (unpaired) electrons. The maximum atomic E-state index is 5.53. The molecule has 0 saturated heterocycles. The van der Waals surface area contributed by atoms with E-state index >= 15 is 0 Å². The topological polar surface area (TPSA) is 21.3 Å². The predicted octanol–water partition coefficient (Wildman–Crippen LogP) is 4.51. The van der Waals surface area contributed by atoms with Gasteiger partial charge in [-0.2, -0.15) is 0 Å². The van der Waals surface area contributed by atoms with Crippen molar-refractivity contribution in [1.82, 2.24) is 5.32 Å². The number of ether oxygens (including phenoxy) is 1. The maximum absolute atomic E-state index is 5.53. The number of aryl methyl sites for hydroxylation is 1. The molecule has 0 aliphatic carbocycles. The van der Waals surface area contributed by atoms with E-state index in [0.29, 0.717) is 0 Å². The van der Waals surface area contributed by atoms with E-state index in [1.54, 1.807) is 18.4 Å². The lowest BCUT2D eigenvalue weighted by atomic mass is 10.0. The Kier molecular flexibility index (Phi) is 4.23. The zero-order valence-corrected chi connectivity index (χ0v) is 13.2. The summed E-state index contributed by atoms with van der Waals surface area (Å²) in [7, 11) is 1.73. The fraction of sp³-hybridized carbons (Fsp3) is 0.222. The van der Waals surface area contributed by atoms with E-state index in [-0.39, 0.29) is 0 Å². The molecule has 0 aliphatic heterocycles. The summed E-state index contributed by atoms with van der Waals surface area (Å²) in [5.74, 6) is 0.948. The van der Waals surface area contributed by atoms with Crippen LogP contribution in [0.25, 0.3) is 10.8 Å². The van der Waals surface area contributed by atoms with Crippen LogP contribution in [0.2, 0.25) is 0 Å². The highest BCUT2D eigenvalue weighted by molar-refractivity contribution is 7.10. The molecule has 3 aromatic rings. The van der Waals surface area contributed by atoms with Gasteiger partial charge in [-0.15, -0.1) is 11.3 Å². The molecule has 3 rings (SSSR count). The minimum absolute atomic E-state index is 0.807. The molecular formula is C18H19NOS. The van der Waals surface area contributed by atoms with Crippen molar-refractivity contribution in [2.75, 3.05) is 7.11 Å². The van der Waals surface area contributed by atoms with E-state index in [2.05, 4.69) is 60.1 Å². The summed E-state index contributed by atoms with van der Waals surface area (Å²) in [6, 6.07) is 14.8. The third-order valence-corrected chi connectivity index (χ3v) is 4.80. The summed E-state index contributed by atoms with van der Waals surface area (Å²) in [5.41, 5.74) is 2.59. The molecule has 0 fully saturated rings. The summed E-state index contributed by atoms with van der Waals surface area (Å²) < 4.78 is 5.53. The first kappa shape index (κ1) is 14.1. The van der Waals surface area contributed by atoms with Crippen molar-refractivity contribution in [2.24, 2.45) is 0 Å². The molecule has 1 N–H and O–H groups in total. The van der Waals surface area contributed by atoms with Gasteiger partial charge in [-0.05, 0) is 40.8 Å². The fourth-order valence-corrected chi connectivity index (χ4v) is 3.45. The summed E-state index contributed by atoms with van der Waals surface area (Å²) in [6.07, 6.45) is 0.